The average molecular weight is 296 g/mol. The molecule has 1 aliphatic heterocycles. The molecule has 0 radical (unpaired) electrons. The van der Waals surface area contributed by atoms with E-state index in [9.17, 15) is 18.0 Å². The first-order chi connectivity index (χ1) is 9.20. The van der Waals surface area contributed by atoms with Gasteiger partial charge in [0, 0.05) is 31.1 Å². The number of hydrogen-bond acceptors (Lipinski definition) is 4. The number of ketones is 1. The van der Waals surface area contributed by atoms with Crippen molar-refractivity contribution >= 4 is 27.3 Å². The van der Waals surface area contributed by atoms with Gasteiger partial charge in [0.15, 0.2) is 15.6 Å². The lowest BCUT2D eigenvalue weighted by atomic mass is 10.0. The first kappa shape index (κ1) is 14.5. The number of carbonyl (C=O) groups is 2. The second kappa shape index (κ2) is 4.90. The molecule has 1 aliphatic rings. The molecule has 0 saturated carbocycles. The Morgan fingerprint density at radius 1 is 1.40 bits per heavy atom. The van der Waals surface area contributed by atoms with Gasteiger partial charge in [-0.2, -0.15) is 0 Å². The summed E-state index contributed by atoms with van der Waals surface area (Å²) in [7, 11) is -1.78. The van der Waals surface area contributed by atoms with E-state index in [2.05, 4.69) is 5.32 Å². The third-order valence-corrected chi connectivity index (χ3v) is 4.90. The fourth-order valence-corrected chi connectivity index (χ4v) is 2.49. The Labute approximate surface area is 117 Å². The number of urea groups is 1. The summed E-state index contributed by atoms with van der Waals surface area (Å²) < 4.78 is 22.9. The van der Waals surface area contributed by atoms with Gasteiger partial charge in [-0.15, -0.1) is 0 Å². The summed E-state index contributed by atoms with van der Waals surface area (Å²) in [6.45, 7) is 1.76. The quantitative estimate of drug-likeness (QED) is 0.852. The van der Waals surface area contributed by atoms with Crippen molar-refractivity contribution < 1.29 is 18.0 Å². The van der Waals surface area contributed by atoms with E-state index in [1.54, 1.807) is 19.2 Å². The van der Waals surface area contributed by atoms with Crippen molar-refractivity contribution in [3.63, 3.8) is 0 Å². The van der Waals surface area contributed by atoms with Crippen molar-refractivity contribution in [1.29, 1.82) is 0 Å². The maximum absolute atomic E-state index is 12.1. The number of rotatable bonds is 3. The molecular weight excluding hydrogens is 280 g/mol. The predicted molar refractivity (Wildman–Crippen MR) is 75.6 cm³/mol. The highest BCUT2D eigenvalue weighted by molar-refractivity contribution is 7.92. The second-order valence-corrected chi connectivity index (χ2v) is 7.36. The molecule has 1 atom stereocenters. The number of nitrogens with one attached hydrogen (secondary N) is 1. The number of anilines is 1. The molecule has 1 aromatic carbocycles. The zero-order valence-corrected chi connectivity index (χ0v) is 12.3. The zero-order chi connectivity index (χ0) is 15.1. The van der Waals surface area contributed by atoms with Crippen LogP contribution in [0.4, 0.5) is 10.5 Å². The highest BCUT2D eigenvalue weighted by Crippen LogP contribution is 2.24. The van der Waals surface area contributed by atoms with E-state index in [4.69, 9.17) is 0 Å². The molecule has 1 aromatic rings. The SMILES string of the molecule is CC(C(=O)c1ccc2c(c1)CN(C)C(=O)N2)S(C)(=O)=O. The lowest BCUT2D eigenvalue weighted by molar-refractivity contribution is 0.0991. The lowest BCUT2D eigenvalue weighted by Crippen LogP contribution is -2.35. The van der Waals surface area contributed by atoms with Crippen LogP contribution in [-0.2, 0) is 16.4 Å². The molecule has 7 heteroatoms. The number of amides is 2. The van der Waals surface area contributed by atoms with Gasteiger partial charge in [0.1, 0.15) is 5.25 Å². The Kier molecular flexibility index (Phi) is 3.56. The van der Waals surface area contributed by atoms with E-state index in [1.807, 2.05) is 0 Å². The molecule has 0 bridgehead atoms. The normalized spacial score (nSPS) is 16.4. The first-order valence-corrected chi connectivity index (χ1v) is 8.03. The van der Waals surface area contributed by atoms with Crippen LogP contribution >= 0.6 is 0 Å². The van der Waals surface area contributed by atoms with Crippen molar-refractivity contribution in [3.8, 4) is 0 Å². The summed E-state index contributed by atoms with van der Waals surface area (Å²) in [4.78, 5) is 25.1. The van der Waals surface area contributed by atoms with Crippen LogP contribution in [0.2, 0.25) is 0 Å². The van der Waals surface area contributed by atoms with Gasteiger partial charge in [0.2, 0.25) is 0 Å². The third kappa shape index (κ3) is 2.67. The van der Waals surface area contributed by atoms with E-state index in [1.165, 1.54) is 17.9 Å². The summed E-state index contributed by atoms with van der Waals surface area (Å²) in [5, 5.41) is 1.62. The van der Waals surface area contributed by atoms with Gasteiger partial charge < -0.3 is 10.2 Å². The van der Waals surface area contributed by atoms with Crippen molar-refractivity contribution in [3.05, 3.63) is 29.3 Å². The lowest BCUT2D eigenvalue weighted by Gasteiger charge is -2.26. The van der Waals surface area contributed by atoms with Crippen LogP contribution < -0.4 is 5.32 Å². The van der Waals surface area contributed by atoms with Gasteiger partial charge in [-0.25, -0.2) is 13.2 Å². The molecule has 0 spiro atoms. The summed E-state index contributed by atoms with van der Waals surface area (Å²) in [6.07, 6.45) is 1.04. The van der Waals surface area contributed by atoms with Crippen LogP contribution in [0.15, 0.2) is 18.2 Å². The number of nitrogens with zero attached hydrogens (tertiary/aromatic N) is 1. The van der Waals surface area contributed by atoms with Crippen molar-refractivity contribution in [2.75, 3.05) is 18.6 Å². The largest absolute Gasteiger partial charge is 0.323 e. The van der Waals surface area contributed by atoms with E-state index in [0.29, 0.717) is 17.8 Å². The first-order valence-electron chi connectivity index (χ1n) is 6.08. The van der Waals surface area contributed by atoms with E-state index >= 15 is 0 Å². The summed E-state index contributed by atoms with van der Waals surface area (Å²) in [5.74, 6) is -0.435. The number of fused-ring (bicyclic) bond motifs is 1. The second-order valence-electron chi connectivity index (χ2n) is 4.99. The standard InChI is InChI=1S/C13H16N2O4S/c1-8(20(3,18)19)12(16)9-4-5-11-10(6-9)7-15(2)13(17)14-11/h4-6,8H,7H2,1-3H3,(H,14,17). The topological polar surface area (TPSA) is 83.6 Å². The Morgan fingerprint density at radius 2 is 2.05 bits per heavy atom. The Hall–Kier alpha value is -1.89. The van der Waals surface area contributed by atoms with Crippen LogP contribution in [0.1, 0.15) is 22.8 Å². The van der Waals surface area contributed by atoms with Gasteiger partial charge >= 0.3 is 6.03 Å². The zero-order valence-electron chi connectivity index (χ0n) is 11.5. The highest BCUT2D eigenvalue weighted by Gasteiger charge is 2.26. The van der Waals surface area contributed by atoms with Crippen molar-refractivity contribution in [2.24, 2.45) is 0 Å². The molecule has 0 fully saturated rings. The molecule has 0 aliphatic carbocycles. The number of hydrogen-bond donors (Lipinski definition) is 1. The van der Waals surface area contributed by atoms with Crippen LogP contribution in [0.5, 0.6) is 0 Å². The third-order valence-electron chi connectivity index (χ3n) is 3.40. The van der Waals surface area contributed by atoms with Gasteiger partial charge in [-0.05, 0) is 30.7 Å². The Morgan fingerprint density at radius 3 is 2.65 bits per heavy atom. The van der Waals surface area contributed by atoms with Crippen LogP contribution in [0.25, 0.3) is 0 Å². The summed E-state index contributed by atoms with van der Waals surface area (Å²) >= 11 is 0. The fourth-order valence-electron chi connectivity index (χ4n) is 1.97. The van der Waals surface area contributed by atoms with Gasteiger partial charge in [-0.1, -0.05) is 0 Å². The highest BCUT2D eigenvalue weighted by atomic mass is 32.2. The molecule has 1 heterocycles. The number of carbonyl (C=O) groups excluding carboxylic acids is 2. The number of benzene rings is 1. The number of Topliss-reactive ketones (excluding diaryl/α,β-unsaturated/α-hetero) is 1. The van der Waals surface area contributed by atoms with Gasteiger partial charge in [0.05, 0.1) is 0 Å². The minimum atomic E-state index is -3.42. The van der Waals surface area contributed by atoms with Crippen molar-refractivity contribution in [1.82, 2.24) is 4.90 Å². The maximum Gasteiger partial charge on any atom is 0.321 e. The summed E-state index contributed by atoms with van der Waals surface area (Å²) in [6, 6.07) is 4.59. The molecule has 0 aromatic heterocycles. The van der Waals surface area contributed by atoms with Crippen LogP contribution in [0.3, 0.4) is 0 Å². The minimum Gasteiger partial charge on any atom is -0.323 e. The van der Waals surface area contributed by atoms with E-state index in [0.717, 1.165) is 11.8 Å². The molecule has 1 unspecified atom stereocenters. The smallest absolute Gasteiger partial charge is 0.321 e. The molecule has 6 nitrogen and oxygen atoms in total. The minimum absolute atomic E-state index is 0.207. The Bertz CT molecular complexity index is 682. The molecule has 0 saturated heterocycles. The average Bonchev–Trinajstić information content (AvgIpc) is 2.37. The molecule has 20 heavy (non-hydrogen) atoms. The van der Waals surface area contributed by atoms with Gasteiger partial charge in [-0.3, -0.25) is 4.79 Å². The fraction of sp³-hybridized carbons (Fsp3) is 0.385. The maximum atomic E-state index is 12.1. The molecule has 1 N–H and O–H groups in total. The van der Waals surface area contributed by atoms with Gasteiger partial charge in [0.25, 0.3) is 0 Å². The van der Waals surface area contributed by atoms with Crippen LogP contribution in [0, 0.1) is 0 Å². The molecular formula is C13H16N2O4S. The molecule has 108 valence electrons. The van der Waals surface area contributed by atoms with E-state index in [-0.39, 0.29) is 6.03 Å². The monoisotopic (exact) mass is 296 g/mol. The Balaban J connectivity index is 2.35. The number of sulfone groups is 1. The molecule has 2 rings (SSSR count). The summed E-state index contributed by atoms with van der Waals surface area (Å²) in [5.41, 5.74) is 1.78. The van der Waals surface area contributed by atoms with E-state index < -0.39 is 20.9 Å². The van der Waals surface area contributed by atoms with Crippen molar-refractivity contribution in [2.45, 2.75) is 18.7 Å². The molecule has 2 amide bonds. The van der Waals surface area contributed by atoms with Crippen LogP contribution in [-0.4, -0.2) is 43.7 Å². The predicted octanol–water partition coefficient (Wildman–Crippen LogP) is 1.28.